The van der Waals surface area contributed by atoms with Gasteiger partial charge in [0.05, 0.1) is 11.4 Å². The number of carboxylic acid groups (broad SMARTS) is 1. The molecule has 0 saturated heterocycles. The molecule has 0 spiro atoms. The lowest BCUT2D eigenvalue weighted by Crippen LogP contribution is -2.35. The van der Waals surface area contributed by atoms with E-state index >= 15 is 0 Å². The molecule has 0 amide bonds. The first-order valence-electron chi connectivity index (χ1n) is 5.73. The lowest BCUT2D eigenvalue weighted by molar-refractivity contribution is -0.135. The summed E-state index contributed by atoms with van der Waals surface area (Å²) in [7, 11) is 0. The molecule has 2 aromatic rings. The van der Waals surface area contributed by atoms with Crippen LogP contribution in [0.25, 0.3) is 10.8 Å². The van der Waals surface area contributed by atoms with Gasteiger partial charge in [-0.25, -0.2) is 4.99 Å². The van der Waals surface area contributed by atoms with E-state index in [4.69, 9.17) is 5.11 Å². The van der Waals surface area contributed by atoms with Crippen molar-refractivity contribution in [2.24, 2.45) is 4.99 Å². The summed E-state index contributed by atoms with van der Waals surface area (Å²) in [6.45, 7) is 1.76. The van der Waals surface area contributed by atoms with Gasteiger partial charge in [0, 0.05) is 5.39 Å². The number of anilines is 1. The second-order valence-electron chi connectivity index (χ2n) is 4.29. The first-order chi connectivity index (χ1) is 8.66. The molecule has 1 aliphatic heterocycles. The molecule has 0 bridgehead atoms. The molecule has 2 aromatic carbocycles. The minimum Gasteiger partial charge on any atom is -0.480 e. The van der Waals surface area contributed by atoms with Crippen LogP contribution in [-0.2, 0) is 4.79 Å². The minimum atomic E-state index is -0.860. The summed E-state index contributed by atoms with van der Waals surface area (Å²) in [4.78, 5) is 17.2. The van der Waals surface area contributed by atoms with Crippen LogP contribution in [-0.4, -0.2) is 23.5 Å². The standard InChI is InChI=1S/C14H12N2O2/c1-9-15-11-6-2-4-10-5-3-7-12(14(10)11)16(9)8-13(17)18/h2-7H,8H2,1H3,(H,17,18). The van der Waals surface area contributed by atoms with Crippen molar-refractivity contribution in [3.63, 3.8) is 0 Å². The number of hydrogen-bond donors (Lipinski definition) is 1. The minimum absolute atomic E-state index is 0.0667. The molecule has 0 aliphatic carbocycles. The van der Waals surface area contributed by atoms with Crippen molar-refractivity contribution >= 4 is 34.0 Å². The molecular formula is C14H12N2O2. The van der Waals surface area contributed by atoms with Crippen LogP contribution in [0.1, 0.15) is 6.92 Å². The third-order valence-electron chi connectivity index (χ3n) is 3.12. The molecule has 4 heteroatoms. The monoisotopic (exact) mass is 240 g/mol. The van der Waals surface area contributed by atoms with Gasteiger partial charge < -0.3 is 10.0 Å². The van der Waals surface area contributed by atoms with E-state index in [0.29, 0.717) is 5.84 Å². The number of rotatable bonds is 2. The van der Waals surface area contributed by atoms with E-state index in [1.807, 2.05) is 43.3 Å². The highest BCUT2D eigenvalue weighted by atomic mass is 16.4. The maximum absolute atomic E-state index is 10.9. The van der Waals surface area contributed by atoms with Crippen molar-refractivity contribution in [2.75, 3.05) is 11.4 Å². The van der Waals surface area contributed by atoms with Gasteiger partial charge in [-0.2, -0.15) is 0 Å². The number of carboxylic acids is 1. The van der Waals surface area contributed by atoms with Gasteiger partial charge in [-0.1, -0.05) is 24.3 Å². The van der Waals surface area contributed by atoms with Crippen molar-refractivity contribution in [3.8, 4) is 0 Å². The van der Waals surface area contributed by atoms with E-state index in [0.717, 1.165) is 22.1 Å². The smallest absolute Gasteiger partial charge is 0.323 e. The lowest BCUT2D eigenvalue weighted by atomic mass is 10.0. The molecule has 1 aliphatic rings. The Balaban J connectivity index is 2.28. The van der Waals surface area contributed by atoms with Crippen molar-refractivity contribution in [2.45, 2.75) is 6.92 Å². The van der Waals surface area contributed by atoms with Gasteiger partial charge in [0.2, 0.25) is 0 Å². The Labute approximate surface area is 104 Å². The zero-order chi connectivity index (χ0) is 12.7. The summed E-state index contributed by atoms with van der Waals surface area (Å²) in [5, 5.41) is 11.1. The van der Waals surface area contributed by atoms with E-state index in [1.165, 1.54) is 0 Å². The van der Waals surface area contributed by atoms with Crippen LogP contribution in [0.3, 0.4) is 0 Å². The number of carbonyl (C=O) groups is 1. The number of aliphatic carboxylic acids is 1. The van der Waals surface area contributed by atoms with E-state index in [2.05, 4.69) is 4.99 Å². The van der Waals surface area contributed by atoms with Crippen molar-refractivity contribution < 1.29 is 9.90 Å². The van der Waals surface area contributed by atoms with Gasteiger partial charge in [-0.05, 0) is 24.4 Å². The Hall–Kier alpha value is -2.36. The molecular weight excluding hydrogens is 228 g/mol. The molecule has 1 N–H and O–H groups in total. The Bertz CT molecular complexity index is 671. The lowest BCUT2D eigenvalue weighted by Gasteiger charge is -2.28. The molecule has 1 heterocycles. The predicted octanol–water partition coefficient (Wildman–Crippen LogP) is 2.79. The highest BCUT2D eigenvalue weighted by Crippen LogP contribution is 2.38. The SMILES string of the molecule is CC1=Nc2cccc3cccc(c23)N1CC(=O)O. The van der Waals surface area contributed by atoms with Gasteiger partial charge in [0.1, 0.15) is 12.4 Å². The Kier molecular flexibility index (Phi) is 2.30. The van der Waals surface area contributed by atoms with Gasteiger partial charge in [0.25, 0.3) is 0 Å². The quantitative estimate of drug-likeness (QED) is 0.878. The van der Waals surface area contributed by atoms with E-state index < -0.39 is 5.97 Å². The fraction of sp³-hybridized carbons (Fsp3) is 0.143. The number of aliphatic imine (C=N–C) groups is 1. The summed E-state index contributed by atoms with van der Waals surface area (Å²) in [5.41, 5.74) is 1.82. The molecule has 3 rings (SSSR count). The zero-order valence-electron chi connectivity index (χ0n) is 9.92. The van der Waals surface area contributed by atoms with Crippen molar-refractivity contribution in [1.82, 2.24) is 0 Å². The highest BCUT2D eigenvalue weighted by Gasteiger charge is 2.21. The molecule has 0 atom stereocenters. The van der Waals surface area contributed by atoms with Gasteiger partial charge in [-0.15, -0.1) is 0 Å². The van der Waals surface area contributed by atoms with E-state index in [-0.39, 0.29) is 6.54 Å². The summed E-state index contributed by atoms with van der Waals surface area (Å²) in [5.74, 6) is -0.149. The van der Waals surface area contributed by atoms with Crippen molar-refractivity contribution in [3.05, 3.63) is 36.4 Å². The van der Waals surface area contributed by atoms with Crippen LogP contribution in [0.5, 0.6) is 0 Å². The highest BCUT2D eigenvalue weighted by molar-refractivity contribution is 6.15. The molecule has 0 unspecified atom stereocenters. The molecule has 0 saturated carbocycles. The van der Waals surface area contributed by atoms with E-state index in [1.54, 1.807) is 4.90 Å². The summed E-state index contributed by atoms with van der Waals surface area (Å²) >= 11 is 0. The fourth-order valence-electron chi connectivity index (χ4n) is 2.36. The maximum atomic E-state index is 10.9. The molecule has 90 valence electrons. The fourth-order valence-corrected chi connectivity index (χ4v) is 2.36. The van der Waals surface area contributed by atoms with Crippen LogP contribution >= 0.6 is 0 Å². The van der Waals surface area contributed by atoms with Crippen LogP contribution in [0.2, 0.25) is 0 Å². The van der Waals surface area contributed by atoms with Crippen LogP contribution in [0.4, 0.5) is 11.4 Å². The second kappa shape index (κ2) is 3.84. The summed E-state index contributed by atoms with van der Waals surface area (Å²) < 4.78 is 0. The van der Waals surface area contributed by atoms with E-state index in [9.17, 15) is 4.79 Å². The third kappa shape index (κ3) is 1.54. The van der Waals surface area contributed by atoms with Gasteiger partial charge in [0.15, 0.2) is 0 Å². The first-order valence-corrected chi connectivity index (χ1v) is 5.73. The second-order valence-corrected chi connectivity index (χ2v) is 4.29. The molecule has 0 radical (unpaired) electrons. The Morgan fingerprint density at radius 2 is 2.00 bits per heavy atom. The number of hydrogen-bond acceptors (Lipinski definition) is 3. The van der Waals surface area contributed by atoms with Gasteiger partial charge in [-0.3, -0.25) is 4.79 Å². The average Bonchev–Trinajstić information content (AvgIpc) is 2.34. The van der Waals surface area contributed by atoms with Crippen LogP contribution < -0.4 is 4.90 Å². The maximum Gasteiger partial charge on any atom is 0.323 e. The predicted molar refractivity (Wildman–Crippen MR) is 71.7 cm³/mol. The number of benzene rings is 2. The van der Waals surface area contributed by atoms with Crippen LogP contribution in [0, 0.1) is 0 Å². The summed E-state index contributed by atoms with van der Waals surface area (Å²) in [6, 6.07) is 11.8. The van der Waals surface area contributed by atoms with Crippen LogP contribution in [0.15, 0.2) is 41.4 Å². The molecule has 18 heavy (non-hydrogen) atoms. The largest absolute Gasteiger partial charge is 0.480 e. The Morgan fingerprint density at radius 3 is 2.72 bits per heavy atom. The molecule has 0 fully saturated rings. The molecule has 4 nitrogen and oxygen atoms in total. The normalized spacial score (nSPS) is 13.6. The zero-order valence-corrected chi connectivity index (χ0v) is 9.92. The third-order valence-corrected chi connectivity index (χ3v) is 3.12. The summed E-state index contributed by atoms with van der Waals surface area (Å²) in [6.07, 6.45) is 0. The van der Waals surface area contributed by atoms with Crippen molar-refractivity contribution in [1.29, 1.82) is 0 Å². The Morgan fingerprint density at radius 1 is 1.28 bits per heavy atom. The number of amidine groups is 1. The topological polar surface area (TPSA) is 52.9 Å². The number of nitrogens with zero attached hydrogens (tertiary/aromatic N) is 2. The average molecular weight is 240 g/mol. The van der Waals surface area contributed by atoms with Gasteiger partial charge >= 0.3 is 5.97 Å². The first kappa shape index (κ1) is 10.8. The molecule has 0 aromatic heterocycles.